The average Bonchev–Trinajstić information content (AvgIpc) is 2.22. The monoisotopic (exact) mass is 180 g/mol. The largest absolute Gasteiger partial charge is 0.0885 e. The minimum absolute atomic E-state index is 1.00. The highest BCUT2D eigenvalue weighted by molar-refractivity contribution is 4.82. The van der Waals surface area contributed by atoms with Gasteiger partial charge in [-0.3, -0.25) is 0 Å². The molecule has 0 aromatic heterocycles. The van der Waals surface area contributed by atoms with E-state index in [2.05, 4.69) is 19.1 Å². The van der Waals surface area contributed by atoms with Crippen LogP contribution in [0, 0.1) is 5.92 Å². The second-order valence-corrected chi connectivity index (χ2v) is 4.31. The summed E-state index contributed by atoms with van der Waals surface area (Å²) in [4.78, 5) is 0. The van der Waals surface area contributed by atoms with Crippen LogP contribution >= 0.6 is 0 Å². The standard InChI is InChI=1S/C13H24/c1-2-13-11-9-7-5-3-4-6-8-10-12-13/h5,7,13H,2-4,6,8-12H2,1H3/b7-5-. The smallest absolute Gasteiger partial charge is 0.0348 e. The Labute approximate surface area is 83.4 Å². The summed E-state index contributed by atoms with van der Waals surface area (Å²) in [7, 11) is 0. The maximum atomic E-state index is 2.40. The molecule has 0 aromatic carbocycles. The third-order valence-corrected chi connectivity index (χ3v) is 3.22. The molecule has 1 unspecified atom stereocenters. The predicted octanol–water partition coefficient (Wildman–Crippen LogP) is 4.70. The lowest BCUT2D eigenvalue weighted by molar-refractivity contribution is 0.418. The van der Waals surface area contributed by atoms with Gasteiger partial charge in [-0.2, -0.15) is 0 Å². The predicted molar refractivity (Wildman–Crippen MR) is 59.9 cm³/mol. The van der Waals surface area contributed by atoms with Crippen LogP contribution in [0.15, 0.2) is 12.2 Å². The zero-order valence-electron chi connectivity index (χ0n) is 9.10. The minimum atomic E-state index is 1.00. The van der Waals surface area contributed by atoms with Crippen LogP contribution < -0.4 is 0 Å². The Balaban J connectivity index is 2.27. The Hall–Kier alpha value is -0.260. The summed E-state index contributed by atoms with van der Waals surface area (Å²) in [5, 5.41) is 0. The summed E-state index contributed by atoms with van der Waals surface area (Å²) < 4.78 is 0. The molecule has 0 heterocycles. The first-order chi connectivity index (χ1) is 6.43. The van der Waals surface area contributed by atoms with E-state index >= 15 is 0 Å². The summed E-state index contributed by atoms with van der Waals surface area (Å²) in [5.74, 6) is 1.00. The van der Waals surface area contributed by atoms with E-state index in [4.69, 9.17) is 0 Å². The molecule has 0 N–H and O–H groups in total. The van der Waals surface area contributed by atoms with E-state index < -0.39 is 0 Å². The van der Waals surface area contributed by atoms with Crippen molar-refractivity contribution >= 4 is 0 Å². The van der Waals surface area contributed by atoms with Crippen molar-refractivity contribution in [1.82, 2.24) is 0 Å². The molecule has 1 rings (SSSR count). The lowest BCUT2D eigenvalue weighted by Crippen LogP contribution is -1.97. The van der Waals surface area contributed by atoms with Gasteiger partial charge in [0.25, 0.3) is 0 Å². The Morgan fingerprint density at radius 2 is 1.69 bits per heavy atom. The van der Waals surface area contributed by atoms with Crippen LogP contribution in [-0.2, 0) is 0 Å². The average molecular weight is 180 g/mol. The van der Waals surface area contributed by atoms with Crippen LogP contribution in [0.2, 0.25) is 0 Å². The molecule has 0 heteroatoms. The van der Waals surface area contributed by atoms with Gasteiger partial charge in [0.15, 0.2) is 0 Å². The topological polar surface area (TPSA) is 0 Å². The first kappa shape index (κ1) is 10.8. The molecule has 0 amide bonds. The lowest BCUT2D eigenvalue weighted by Gasteiger charge is -2.12. The lowest BCUT2D eigenvalue weighted by atomic mass is 9.94. The molecule has 1 aliphatic rings. The van der Waals surface area contributed by atoms with Gasteiger partial charge in [0, 0.05) is 0 Å². The number of hydrogen-bond acceptors (Lipinski definition) is 0. The van der Waals surface area contributed by atoms with Crippen LogP contribution in [0.4, 0.5) is 0 Å². The Morgan fingerprint density at radius 3 is 2.54 bits per heavy atom. The van der Waals surface area contributed by atoms with Crippen LogP contribution in [-0.4, -0.2) is 0 Å². The fourth-order valence-electron chi connectivity index (χ4n) is 2.17. The highest BCUT2D eigenvalue weighted by atomic mass is 14.1. The summed E-state index contributed by atoms with van der Waals surface area (Å²) in [6.07, 6.45) is 17.5. The Morgan fingerprint density at radius 1 is 0.923 bits per heavy atom. The molecule has 0 bridgehead atoms. The summed E-state index contributed by atoms with van der Waals surface area (Å²) in [6, 6.07) is 0. The molecule has 1 atom stereocenters. The summed E-state index contributed by atoms with van der Waals surface area (Å²) in [5.41, 5.74) is 0. The molecule has 0 radical (unpaired) electrons. The molecular weight excluding hydrogens is 156 g/mol. The zero-order valence-corrected chi connectivity index (χ0v) is 9.10. The van der Waals surface area contributed by atoms with Crippen LogP contribution in [0.3, 0.4) is 0 Å². The summed E-state index contributed by atoms with van der Waals surface area (Å²) >= 11 is 0. The van der Waals surface area contributed by atoms with Crippen LogP contribution in [0.1, 0.15) is 64.7 Å². The summed E-state index contributed by atoms with van der Waals surface area (Å²) in [6.45, 7) is 2.34. The van der Waals surface area contributed by atoms with Gasteiger partial charge in [-0.25, -0.2) is 0 Å². The molecule has 0 spiro atoms. The SMILES string of the molecule is CCC1CC/C=C\CCCCCC1. The molecule has 0 saturated carbocycles. The normalized spacial score (nSPS) is 29.2. The van der Waals surface area contributed by atoms with Gasteiger partial charge in [0.05, 0.1) is 0 Å². The molecule has 0 saturated heterocycles. The molecule has 76 valence electrons. The van der Waals surface area contributed by atoms with Crippen molar-refractivity contribution in [2.45, 2.75) is 64.7 Å². The van der Waals surface area contributed by atoms with Gasteiger partial charge >= 0.3 is 0 Å². The van der Waals surface area contributed by atoms with Crippen molar-refractivity contribution in [3.63, 3.8) is 0 Å². The molecule has 0 aromatic rings. The van der Waals surface area contributed by atoms with Crippen LogP contribution in [0.5, 0.6) is 0 Å². The van der Waals surface area contributed by atoms with Crippen molar-refractivity contribution < 1.29 is 0 Å². The second kappa shape index (κ2) is 7.17. The van der Waals surface area contributed by atoms with Gasteiger partial charge in [-0.05, 0) is 31.6 Å². The van der Waals surface area contributed by atoms with E-state index in [1.165, 1.54) is 57.8 Å². The van der Waals surface area contributed by atoms with Crippen molar-refractivity contribution in [2.24, 2.45) is 5.92 Å². The number of rotatable bonds is 1. The Bertz CT molecular complexity index is 135. The Kier molecular flexibility index (Phi) is 5.97. The molecule has 13 heavy (non-hydrogen) atoms. The highest BCUT2D eigenvalue weighted by Gasteiger charge is 2.05. The van der Waals surface area contributed by atoms with Gasteiger partial charge in [-0.1, -0.05) is 51.2 Å². The van der Waals surface area contributed by atoms with Crippen molar-refractivity contribution in [3.05, 3.63) is 12.2 Å². The maximum absolute atomic E-state index is 2.40. The third kappa shape index (κ3) is 5.13. The van der Waals surface area contributed by atoms with Gasteiger partial charge in [0.1, 0.15) is 0 Å². The first-order valence-electron chi connectivity index (χ1n) is 6.08. The van der Waals surface area contributed by atoms with E-state index in [1.807, 2.05) is 0 Å². The maximum Gasteiger partial charge on any atom is -0.0348 e. The van der Waals surface area contributed by atoms with E-state index in [9.17, 15) is 0 Å². The zero-order chi connectivity index (χ0) is 9.36. The first-order valence-corrected chi connectivity index (χ1v) is 6.08. The molecule has 0 nitrogen and oxygen atoms in total. The van der Waals surface area contributed by atoms with Crippen molar-refractivity contribution in [3.8, 4) is 0 Å². The number of allylic oxidation sites excluding steroid dienone is 2. The van der Waals surface area contributed by atoms with Gasteiger partial charge < -0.3 is 0 Å². The number of hydrogen-bond donors (Lipinski definition) is 0. The van der Waals surface area contributed by atoms with E-state index in [0.717, 1.165) is 5.92 Å². The fraction of sp³-hybridized carbons (Fsp3) is 0.846. The van der Waals surface area contributed by atoms with E-state index in [0.29, 0.717) is 0 Å². The minimum Gasteiger partial charge on any atom is -0.0885 e. The van der Waals surface area contributed by atoms with E-state index in [-0.39, 0.29) is 0 Å². The van der Waals surface area contributed by atoms with Gasteiger partial charge in [-0.15, -0.1) is 0 Å². The molecular formula is C13H24. The van der Waals surface area contributed by atoms with Gasteiger partial charge in [0.2, 0.25) is 0 Å². The van der Waals surface area contributed by atoms with Crippen molar-refractivity contribution in [1.29, 1.82) is 0 Å². The second-order valence-electron chi connectivity index (χ2n) is 4.31. The molecule has 0 aliphatic heterocycles. The third-order valence-electron chi connectivity index (χ3n) is 3.22. The molecule has 1 aliphatic carbocycles. The van der Waals surface area contributed by atoms with Crippen molar-refractivity contribution in [2.75, 3.05) is 0 Å². The fourth-order valence-corrected chi connectivity index (χ4v) is 2.17. The van der Waals surface area contributed by atoms with Crippen LogP contribution in [0.25, 0.3) is 0 Å². The highest BCUT2D eigenvalue weighted by Crippen LogP contribution is 2.20. The molecule has 0 fully saturated rings. The van der Waals surface area contributed by atoms with E-state index in [1.54, 1.807) is 0 Å². The quantitative estimate of drug-likeness (QED) is 0.513.